The molecule has 1 aliphatic carbocycles. The quantitative estimate of drug-likeness (QED) is 0.858. The molecule has 20 heavy (non-hydrogen) atoms. The Labute approximate surface area is 119 Å². The number of hydrogen-bond acceptors (Lipinski definition) is 5. The molecule has 1 heterocycles. The van der Waals surface area contributed by atoms with Gasteiger partial charge >= 0.3 is 0 Å². The van der Waals surface area contributed by atoms with E-state index < -0.39 is 5.60 Å². The second-order valence-electron chi connectivity index (χ2n) is 5.80. The maximum Gasteiger partial charge on any atom is 0.126 e. The molecule has 0 radical (unpaired) electrons. The normalized spacial score (nSPS) is 27.4. The van der Waals surface area contributed by atoms with E-state index >= 15 is 0 Å². The summed E-state index contributed by atoms with van der Waals surface area (Å²) < 4.78 is 5.63. The number of ether oxygens (including phenoxy) is 1. The number of pyridine rings is 1. The summed E-state index contributed by atoms with van der Waals surface area (Å²) >= 11 is 0. The third-order valence-electron chi connectivity index (χ3n) is 4.35. The summed E-state index contributed by atoms with van der Waals surface area (Å²) in [6.45, 7) is 7.08. The van der Waals surface area contributed by atoms with Crippen molar-refractivity contribution in [2.24, 2.45) is 5.41 Å². The van der Waals surface area contributed by atoms with Crippen LogP contribution in [-0.2, 0) is 4.74 Å². The van der Waals surface area contributed by atoms with Crippen molar-refractivity contribution in [3.8, 4) is 6.07 Å². The van der Waals surface area contributed by atoms with Gasteiger partial charge in [-0.1, -0.05) is 13.8 Å². The van der Waals surface area contributed by atoms with Gasteiger partial charge in [-0.25, -0.2) is 4.98 Å². The van der Waals surface area contributed by atoms with Crippen molar-refractivity contribution in [2.45, 2.75) is 38.9 Å². The number of aliphatic hydroxyl groups is 1. The zero-order valence-corrected chi connectivity index (χ0v) is 12.2. The van der Waals surface area contributed by atoms with Crippen molar-refractivity contribution in [3.63, 3.8) is 0 Å². The first kappa shape index (κ1) is 14.8. The summed E-state index contributed by atoms with van der Waals surface area (Å²) in [4.78, 5) is 4.14. The van der Waals surface area contributed by atoms with Crippen LogP contribution in [0.4, 0.5) is 5.82 Å². The van der Waals surface area contributed by atoms with Crippen LogP contribution in [0.25, 0.3) is 0 Å². The van der Waals surface area contributed by atoms with E-state index in [1.165, 1.54) is 6.20 Å². The first-order valence-corrected chi connectivity index (χ1v) is 6.87. The molecule has 0 amide bonds. The van der Waals surface area contributed by atoms with E-state index in [1.54, 1.807) is 12.1 Å². The van der Waals surface area contributed by atoms with Gasteiger partial charge < -0.3 is 15.2 Å². The second kappa shape index (κ2) is 5.39. The van der Waals surface area contributed by atoms with Crippen LogP contribution in [0.15, 0.2) is 18.3 Å². The van der Waals surface area contributed by atoms with Crippen LogP contribution in [0.5, 0.6) is 0 Å². The minimum Gasteiger partial charge on any atom is -0.387 e. The number of aromatic nitrogens is 1. The number of nitrogens with one attached hydrogen (secondary N) is 1. The number of anilines is 1. The van der Waals surface area contributed by atoms with Crippen molar-refractivity contribution < 1.29 is 9.84 Å². The van der Waals surface area contributed by atoms with E-state index in [-0.39, 0.29) is 11.5 Å². The Morgan fingerprint density at radius 3 is 2.80 bits per heavy atom. The SMILES string of the molecule is CCO[C@H]1C[C@](O)(CNc2ccc(C#N)cn2)C1(C)C. The van der Waals surface area contributed by atoms with Crippen LogP contribution < -0.4 is 5.32 Å². The Morgan fingerprint density at radius 1 is 1.55 bits per heavy atom. The highest BCUT2D eigenvalue weighted by atomic mass is 16.5. The van der Waals surface area contributed by atoms with Gasteiger partial charge in [0.25, 0.3) is 0 Å². The van der Waals surface area contributed by atoms with Crippen molar-refractivity contribution in [2.75, 3.05) is 18.5 Å². The highest BCUT2D eigenvalue weighted by Crippen LogP contribution is 2.51. The number of nitrogens with zero attached hydrogens (tertiary/aromatic N) is 2. The van der Waals surface area contributed by atoms with Gasteiger partial charge in [0.1, 0.15) is 11.9 Å². The van der Waals surface area contributed by atoms with Gasteiger partial charge in [-0.2, -0.15) is 5.26 Å². The molecule has 0 saturated heterocycles. The predicted molar refractivity (Wildman–Crippen MR) is 76.2 cm³/mol. The third kappa shape index (κ3) is 2.49. The molecular weight excluding hydrogens is 254 g/mol. The number of nitriles is 1. The lowest BCUT2D eigenvalue weighted by atomic mass is 9.56. The Morgan fingerprint density at radius 2 is 2.30 bits per heavy atom. The fraction of sp³-hybridized carbons (Fsp3) is 0.600. The summed E-state index contributed by atoms with van der Waals surface area (Å²) in [6, 6.07) is 5.47. The molecule has 5 heteroatoms. The van der Waals surface area contributed by atoms with Gasteiger partial charge in [-0.15, -0.1) is 0 Å². The number of hydrogen-bond donors (Lipinski definition) is 2. The Hall–Kier alpha value is -1.64. The van der Waals surface area contributed by atoms with Gasteiger partial charge in [0.05, 0.1) is 17.3 Å². The van der Waals surface area contributed by atoms with E-state index in [0.717, 1.165) is 0 Å². The highest BCUT2D eigenvalue weighted by Gasteiger charge is 2.59. The predicted octanol–water partition coefficient (Wildman–Crippen LogP) is 1.93. The zero-order chi connectivity index (χ0) is 14.8. The van der Waals surface area contributed by atoms with Crippen molar-refractivity contribution in [1.82, 2.24) is 4.98 Å². The molecule has 2 rings (SSSR count). The minimum absolute atomic E-state index is 0.0909. The summed E-state index contributed by atoms with van der Waals surface area (Å²) in [5.41, 5.74) is -0.569. The summed E-state index contributed by atoms with van der Waals surface area (Å²) in [5, 5.41) is 22.5. The second-order valence-corrected chi connectivity index (χ2v) is 5.80. The third-order valence-corrected chi connectivity index (χ3v) is 4.35. The fourth-order valence-corrected chi connectivity index (χ4v) is 2.56. The van der Waals surface area contributed by atoms with Gasteiger partial charge in [0.15, 0.2) is 0 Å². The van der Waals surface area contributed by atoms with Crippen molar-refractivity contribution >= 4 is 5.82 Å². The molecular formula is C15H21N3O2. The van der Waals surface area contributed by atoms with Gasteiger partial charge in [-0.3, -0.25) is 0 Å². The molecule has 0 bridgehead atoms. The lowest BCUT2D eigenvalue weighted by Gasteiger charge is -2.58. The van der Waals surface area contributed by atoms with E-state index in [0.29, 0.717) is 31.0 Å². The average Bonchev–Trinajstić information content (AvgIpc) is 2.45. The number of rotatable bonds is 5. The molecule has 0 aromatic carbocycles. The topological polar surface area (TPSA) is 78.2 Å². The van der Waals surface area contributed by atoms with E-state index in [9.17, 15) is 5.11 Å². The molecule has 0 spiro atoms. The van der Waals surface area contributed by atoms with Gasteiger partial charge in [0.2, 0.25) is 0 Å². The molecule has 0 unspecified atom stereocenters. The summed E-state index contributed by atoms with van der Waals surface area (Å²) in [7, 11) is 0. The first-order chi connectivity index (χ1) is 9.43. The first-order valence-electron chi connectivity index (χ1n) is 6.87. The molecule has 2 N–H and O–H groups in total. The monoisotopic (exact) mass is 275 g/mol. The van der Waals surface area contributed by atoms with Crippen LogP contribution in [-0.4, -0.2) is 34.9 Å². The average molecular weight is 275 g/mol. The van der Waals surface area contributed by atoms with Crippen molar-refractivity contribution in [1.29, 1.82) is 5.26 Å². The van der Waals surface area contributed by atoms with Crippen LogP contribution in [0.2, 0.25) is 0 Å². The van der Waals surface area contributed by atoms with Gasteiger partial charge in [-0.05, 0) is 19.1 Å². The molecule has 1 aliphatic rings. The largest absolute Gasteiger partial charge is 0.387 e. The van der Waals surface area contributed by atoms with Crippen LogP contribution in [0, 0.1) is 16.7 Å². The molecule has 5 nitrogen and oxygen atoms in total. The standard InChI is InChI=1S/C15H21N3O2/c1-4-20-12-7-15(19,14(12,2)3)10-18-13-6-5-11(8-16)9-17-13/h5-6,9,12,19H,4,7,10H2,1-3H3,(H,17,18)/t12-,15-/m0/s1. The molecule has 108 valence electrons. The fourth-order valence-electron chi connectivity index (χ4n) is 2.56. The maximum atomic E-state index is 10.7. The Balaban J connectivity index is 1.95. The van der Waals surface area contributed by atoms with E-state index in [4.69, 9.17) is 10.00 Å². The maximum absolute atomic E-state index is 10.7. The molecule has 1 fully saturated rings. The lowest BCUT2D eigenvalue weighted by molar-refractivity contribution is -0.233. The Kier molecular flexibility index (Phi) is 3.98. The van der Waals surface area contributed by atoms with Gasteiger partial charge in [0, 0.05) is 31.2 Å². The Bertz CT molecular complexity index is 507. The smallest absolute Gasteiger partial charge is 0.126 e. The summed E-state index contributed by atoms with van der Waals surface area (Å²) in [5.74, 6) is 0.660. The van der Waals surface area contributed by atoms with Crippen LogP contribution in [0.1, 0.15) is 32.8 Å². The minimum atomic E-state index is -0.803. The lowest BCUT2D eigenvalue weighted by Crippen LogP contribution is -2.67. The molecule has 2 atom stereocenters. The zero-order valence-electron chi connectivity index (χ0n) is 12.2. The molecule has 0 aliphatic heterocycles. The molecule has 1 aromatic rings. The van der Waals surface area contributed by atoms with E-state index in [2.05, 4.69) is 10.3 Å². The van der Waals surface area contributed by atoms with E-state index in [1.807, 2.05) is 26.8 Å². The van der Waals surface area contributed by atoms with Crippen LogP contribution >= 0.6 is 0 Å². The molecule has 1 saturated carbocycles. The highest BCUT2D eigenvalue weighted by molar-refractivity contribution is 5.39. The van der Waals surface area contributed by atoms with Crippen molar-refractivity contribution in [3.05, 3.63) is 23.9 Å². The summed E-state index contributed by atoms with van der Waals surface area (Å²) in [6.07, 6.45) is 2.23. The van der Waals surface area contributed by atoms with Crippen LogP contribution in [0.3, 0.4) is 0 Å². The molecule has 1 aromatic heterocycles.